The molecule has 0 saturated carbocycles. The molecule has 142 valence electrons. The van der Waals surface area contributed by atoms with Crippen LogP contribution in [0.3, 0.4) is 0 Å². The molecule has 0 spiro atoms. The van der Waals surface area contributed by atoms with E-state index in [0.717, 1.165) is 18.2 Å². The van der Waals surface area contributed by atoms with E-state index in [-0.39, 0.29) is 18.4 Å². The summed E-state index contributed by atoms with van der Waals surface area (Å²) in [7, 11) is 0. The van der Waals surface area contributed by atoms with Crippen LogP contribution in [0.25, 0.3) is 0 Å². The Balaban J connectivity index is 1.52. The van der Waals surface area contributed by atoms with Gasteiger partial charge in [-0.3, -0.25) is 9.59 Å². The summed E-state index contributed by atoms with van der Waals surface area (Å²) < 4.78 is 26.7. The number of hydrogen-bond acceptors (Lipinski definition) is 3. The smallest absolute Gasteiger partial charge is 0.238 e. The highest BCUT2D eigenvalue weighted by Gasteiger charge is 2.21. The SMILES string of the molecule is C[C@@H](NCC(=O)Nc1ccc(N2CCCC2=O)cc1)c1ccc(F)cc1F. The maximum atomic E-state index is 13.8. The number of nitrogens with one attached hydrogen (secondary N) is 2. The van der Waals surface area contributed by atoms with Gasteiger partial charge in [-0.15, -0.1) is 0 Å². The molecule has 1 aliphatic heterocycles. The summed E-state index contributed by atoms with van der Waals surface area (Å²) in [5.74, 6) is -1.46. The van der Waals surface area contributed by atoms with Crippen molar-refractivity contribution in [3.05, 3.63) is 59.7 Å². The molecule has 0 aromatic heterocycles. The number of benzene rings is 2. The number of nitrogens with zero attached hydrogens (tertiary/aromatic N) is 1. The van der Waals surface area contributed by atoms with Crippen LogP contribution in [0.5, 0.6) is 0 Å². The molecule has 0 bridgehead atoms. The van der Waals surface area contributed by atoms with E-state index in [1.54, 1.807) is 36.1 Å². The fourth-order valence-corrected chi connectivity index (χ4v) is 3.06. The lowest BCUT2D eigenvalue weighted by Crippen LogP contribution is -2.30. The first-order valence-corrected chi connectivity index (χ1v) is 8.82. The Bertz CT molecular complexity index is 840. The maximum Gasteiger partial charge on any atom is 0.238 e. The lowest BCUT2D eigenvalue weighted by Gasteiger charge is -2.17. The number of halogens is 2. The number of carbonyl (C=O) groups excluding carboxylic acids is 2. The molecule has 7 heteroatoms. The minimum Gasteiger partial charge on any atom is -0.325 e. The molecule has 1 atom stereocenters. The molecule has 2 N–H and O–H groups in total. The normalized spacial score (nSPS) is 15.1. The van der Waals surface area contributed by atoms with Crippen LogP contribution in [0.4, 0.5) is 20.2 Å². The van der Waals surface area contributed by atoms with Crippen molar-refractivity contribution in [1.29, 1.82) is 0 Å². The van der Waals surface area contributed by atoms with Crippen molar-refractivity contribution in [3.8, 4) is 0 Å². The van der Waals surface area contributed by atoms with Gasteiger partial charge in [-0.2, -0.15) is 0 Å². The van der Waals surface area contributed by atoms with E-state index in [2.05, 4.69) is 10.6 Å². The van der Waals surface area contributed by atoms with Gasteiger partial charge in [-0.25, -0.2) is 8.78 Å². The van der Waals surface area contributed by atoms with Gasteiger partial charge in [-0.1, -0.05) is 6.07 Å². The topological polar surface area (TPSA) is 61.4 Å². The summed E-state index contributed by atoms with van der Waals surface area (Å²) >= 11 is 0. The first-order chi connectivity index (χ1) is 12.9. The summed E-state index contributed by atoms with van der Waals surface area (Å²) in [6.45, 7) is 2.39. The molecule has 2 aromatic rings. The van der Waals surface area contributed by atoms with Crippen molar-refractivity contribution in [1.82, 2.24) is 5.32 Å². The Morgan fingerprint density at radius 2 is 1.93 bits per heavy atom. The molecule has 5 nitrogen and oxygen atoms in total. The van der Waals surface area contributed by atoms with Gasteiger partial charge in [0.25, 0.3) is 0 Å². The van der Waals surface area contributed by atoms with Gasteiger partial charge >= 0.3 is 0 Å². The molecule has 2 amide bonds. The average Bonchev–Trinajstić information content (AvgIpc) is 3.06. The third-order valence-corrected chi connectivity index (χ3v) is 4.53. The van der Waals surface area contributed by atoms with Gasteiger partial charge < -0.3 is 15.5 Å². The Morgan fingerprint density at radius 3 is 2.56 bits per heavy atom. The fourth-order valence-electron chi connectivity index (χ4n) is 3.06. The van der Waals surface area contributed by atoms with Crippen LogP contribution in [0.1, 0.15) is 31.4 Å². The van der Waals surface area contributed by atoms with Crippen LogP contribution >= 0.6 is 0 Å². The van der Waals surface area contributed by atoms with Crippen LogP contribution in [-0.4, -0.2) is 24.9 Å². The van der Waals surface area contributed by atoms with Crippen LogP contribution in [-0.2, 0) is 9.59 Å². The molecule has 3 rings (SSSR count). The van der Waals surface area contributed by atoms with E-state index in [1.165, 1.54) is 12.1 Å². The Kier molecular flexibility index (Phi) is 5.81. The lowest BCUT2D eigenvalue weighted by molar-refractivity contribution is -0.117. The quantitative estimate of drug-likeness (QED) is 0.816. The summed E-state index contributed by atoms with van der Waals surface area (Å²) in [4.78, 5) is 25.6. The number of rotatable bonds is 6. The van der Waals surface area contributed by atoms with Crippen LogP contribution in [0.15, 0.2) is 42.5 Å². The van der Waals surface area contributed by atoms with E-state index in [0.29, 0.717) is 24.2 Å². The second kappa shape index (κ2) is 8.26. The highest BCUT2D eigenvalue weighted by molar-refractivity contribution is 5.96. The second-order valence-electron chi connectivity index (χ2n) is 6.51. The second-order valence-corrected chi connectivity index (χ2v) is 6.51. The molecular formula is C20H21F2N3O2. The first-order valence-electron chi connectivity index (χ1n) is 8.82. The molecular weight excluding hydrogens is 352 g/mol. The zero-order chi connectivity index (χ0) is 19.4. The van der Waals surface area contributed by atoms with Crippen LogP contribution in [0.2, 0.25) is 0 Å². The molecule has 1 saturated heterocycles. The van der Waals surface area contributed by atoms with Crippen molar-refractivity contribution in [3.63, 3.8) is 0 Å². The molecule has 0 unspecified atom stereocenters. The zero-order valence-electron chi connectivity index (χ0n) is 15.0. The largest absolute Gasteiger partial charge is 0.325 e. The number of hydrogen-bond donors (Lipinski definition) is 2. The zero-order valence-corrected chi connectivity index (χ0v) is 15.0. The Hall–Kier alpha value is -2.80. The van der Waals surface area contributed by atoms with Gasteiger partial charge in [0, 0.05) is 42.0 Å². The Morgan fingerprint density at radius 1 is 1.19 bits per heavy atom. The van der Waals surface area contributed by atoms with E-state index in [9.17, 15) is 18.4 Å². The number of anilines is 2. The number of amides is 2. The third kappa shape index (κ3) is 4.68. The van der Waals surface area contributed by atoms with Crippen LogP contribution in [0, 0.1) is 11.6 Å². The van der Waals surface area contributed by atoms with Gasteiger partial charge in [0.1, 0.15) is 11.6 Å². The highest BCUT2D eigenvalue weighted by atomic mass is 19.1. The monoisotopic (exact) mass is 373 g/mol. The van der Waals surface area contributed by atoms with Crippen molar-refractivity contribution in [2.45, 2.75) is 25.8 Å². The van der Waals surface area contributed by atoms with Gasteiger partial charge in [-0.05, 0) is 43.7 Å². The highest BCUT2D eigenvalue weighted by Crippen LogP contribution is 2.23. The minimum atomic E-state index is -0.651. The maximum absolute atomic E-state index is 13.8. The molecule has 1 fully saturated rings. The van der Waals surface area contributed by atoms with Crippen molar-refractivity contribution in [2.24, 2.45) is 0 Å². The van der Waals surface area contributed by atoms with Crippen molar-refractivity contribution in [2.75, 3.05) is 23.3 Å². The average molecular weight is 373 g/mol. The fraction of sp³-hybridized carbons (Fsp3) is 0.300. The van der Waals surface area contributed by atoms with Crippen LogP contribution < -0.4 is 15.5 Å². The number of carbonyl (C=O) groups is 2. The minimum absolute atomic E-state index is 0.0235. The molecule has 27 heavy (non-hydrogen) atoms. The molecule has 0 radical (unpaired) electrons. The molecule has 0 aliphatic carbocycles. The van der Waals surface area contributed by atoms with E-state index >= 15 is 0 Å². The summed E-state index contributed by atoms with van der Waals surface area (Å²) in [6, 6.07) is 9.98. The molecule has 2 aromatic carbocycles. The predicted octanol–water partition coefficient (Wildman–Crippen LogP) is 3.38. The molecule has 1 aliphatic rings. The predicted molar refractivity (Wildman–Crippen MR) is 99.4 cm³/mol. The van der Waals surface area contributed by atoms with Crippen molar-refractivity contribution >= 4 is 23.2 Å². The van der Waals surface area contributed by atoms with Crippen molar-refractivity contribution < 1.29 is 18.4 Å². The third-order valence-electron chi connectivity index (χ3n) is 4.53. The van der Waals surface area contributed by atoms with E-state index < -0.39 is 17.7 Å². The standard InChI is InChI=1S/C20H21F2N3O2/c1-13(17-9-4-14(21)11-18(17)22)23-12-19(26)24-15-5-7-16(8-6-15)25-10-2-3-20(25)27/h4-9,11,13,23H,2-3,10,12H2,1H3,(H,24,26)/t13-/m1/s1. The summed E-state index contributed by atoms with van der Waals surface area (Å²) in [5.41, 5.74) is 1.72. The molecule has 1 heterocycles. The lowest BCUT2D eigenvalue weighted by atomic mass is 10.1. The Labute approximate surface area is 156 Å². The van der Waals surface area contributed by atoms with Gasteiger partial charge in [0.15, 0.2) is 0 Å². The first kappa shape index (κ1) is 19.0. The van der Waals surface area contributed by atoms with Gasteiger partial charge in [0.2, 0.25) is 11.8 Å². The van der Waals surface area contributed by atoms with E-state index in [4.69, 9.17) is 0 Å². The van der Waals surface area contributed by atoms with Gasteiger partial charge in [0.05, 0.1) is 6.54 Å². The van der Waals surface area contributed by atoms with E-state index in [1.807, 2.05) is 0 Å². The summed E-state index contributed by atoms with van der Waals surface area (Å²) in [5, 5.41) is 5.66. The summed E-state index contributed by atoms with van der Waals surface area (Å²) in [6.07, 6.45) is 1.42.